The molecule has 0 unspecified atom stereocenters. The van der Waals surface area contributed by atoms with E-state index in [0.717, 1.165) is 27.8 Å². The molecule has 0 amide bonds. The van der Waals surface area contributed by atoms with Crippen molar-refractivity contribution in [2.45, 2.75) is 20.5 Å². The van der Waals surface area contributed by atoms with E-state index in [-0.39, 0.29) is 0 Å². The Morgan fingerprint density at radius 3 is 2.68 bits per heavy atom. The van der Waals surface area contributed by atoms with E-state index >= 15 is 0 Å². The number of hydrogen-bond donors (Lipinski definition) is 0. The topological polar surface area (TPSA) is 66.0 Å². The summed E-state index contributed by atoms with van der Waals surface area (Å²) < 4.78 is 13.3. The van der Waals surface area contributed by atoms with Crippen LogP contribution in [-0.2, 0) is 6.61 Å². The van der Waals surface area contributed by atoms with Gasteiger partial charge in [-0.1, -0.05) is 0 Å². The van der Waals surface area contributed by atoms with Gasteiger partial charge in [-0.3, -0.25) is 0 Å². The first-order valence-corrected chi connectivity index (χ1v) is 8.67. The van der Waals surface area contributed by atoms with Crippen LogP contribution in [0.25, 0.3) is 16.5 Å². The molecule has 3 heterocycles. The van der Waals surface area contributed by atoms with E-state index in [1.54, 1.807) is 22.3 Å². The Balaban J connectivity index is 1.46. The summed E-state index contributed by atoms with van der Waals surface area (Å²) in [5.74, 6) is 2.20. The third-order valence-electron chi connectivity index (χ3n) is 3.84. The van der Waals surface area contributed by atoms with Gasteiger partial charge in [-0.05, 0) is 55.1 Å². The molecule has 4 rings (SSSR count). The fourth-order valence-corrected chi connectivity index (χ4v) is 3.29. The van der Waals surface area contributed by atoms with Crippen LogP contribution in [0.15, 0.2) is 52.8 Å². The maximum atomic E-state index is 5.84. The number of ether oxygens (including phenoxy) is 1. The molecule has 0 saturated carbocycles. The minimum absolute atomic E-state index is 0.364. The highest BCUT2D eigenvalue weighted by Crippen LogP contribution is 2.30. The Hall–Kier alpha value is -2.93. The molecule has 0 aliphatic rings. The van der Waals surface area contributed by atoms with Gasteiger partial charge in [-0.25, -0.2) is 14.6 Å². The lowest BCUT2D eigenvalue weighted by Gasteiger charge is -2.06. The van der Waals surface area contributed by atoms with Gasteiger partial charge >= 0.3 is 0 Å². The standard InChI is InChI=1S/C18H16N4O2S/c1-12-7-8-25-17(12)18-21-16(13(2)24-18)9-23-15-5-3-14(4-6-15)22-11-19-10-20-22/h3-8,10-11H,9H2,1-2H3. The Bertz CT molecular complexity index is 971. The maximum absolute atomic E-state index is 5.84. The predicted octanol–water partition coefficient (Wildman–Crippen LogP) is 4.18. The predicted molar refractivity (Wildman–Crippen MR) is 95.0 cm³/mol. The summed E-state index contributed by atoms with van der Waals surface area (Å²) in [5.41, 5.74) is 2.91. The first-order valence-electron chi connectivity index (χ1n) is 7.79. The van der Waals surface area contributed by atoms with Crippen molar-refractivity contribution < 1.29 is 9.15 Å². The number of hydrogen-bond acceptors (Lipinski definition) is 6. The Kier molecular flexibility index (Phi) is 4.07. The van der Waals surface area contributed by atoms with Crippen molar-refractivity contribution >= 4 is 11.3 Å². The molecular weight excluding hydrogens is 336 g/mol. The second-order valence-electron chi connectivity index (χ2n) is 5.58. The van der Waals surface area contributed by atoms with Gasteiger partial charge in [0.05, 0.1) is 10.6 Å². The number of rotatable bonds is 5. The van der Waals surface area contributed by atoms with Crippen LogP contribution in [0.2, 0.25) is 0 Å². The van der Waals surface area contributed by atoms with Crippen LogP contribution < -0.4 is 4.74 Å². The SMILES string of the molecule is Cc1ccsc1-c1nc(COc2ccc(-n3cncn3)cc2)c(C)o1. The summed E-state index contributed by atoms with van der Waals surface area (Å²) in [5, 5.41) is 6.14. The fourth-order valence-electron chi connectivity index (χ4n) is 2.44. The van der Waals surface area contributed by atoms with E-state index in [9.17, 15) is 0 Å². The molecule has 126 valence electrons. The van der Waals surface area contributed by atoms with E-state index < -0.39 is 0 Å². The quantitative estimate of drug-likeness (QED) is 0.539. The molecule has 0 radical (unpaired) electrons. The molecule has 0 atom stereocenters. The van der Waals surface area contributed by atoms with Crippen LogP contribution in [0.1, 0.15) is 17.0 Å². The molecule has 0 bridgehead atoms. The van der Waals surface area contributed by atoms with Gasteiger partial charge in [0.2, 0.25) is 5.89 Å². The van der Waals surface area contributed by atoms with Crippen molar-refractivity contribution in [3.05, 3.63) is 65.4 Å². The molecule has 0 aliphatic carbocycles. The van der Waals surface area contributed by atoms with Crippen molar-refractivity contribution in [3.63, 3.8) is 0 Å². The average Bonchev–Trinajstić information content (AvgIpc) is 3.35. The van der Waals surface area contributed by atoms with Crippen molar-refractivity contribution in [1.82, 2.24) is 19.7 Å². The van der Waals surface area contributed by atoms with Crippen molar-refractivity contribution in [3.8, 4) is 22.2 Å². The van der Waals surface area contributed by atoms with Gasteiger partial charge in [-0.2, -0.15) is 5.10 Å². The number of benzene rings is 1. The van der Waals surface area contributed by atoms with Crippen molar-refractivity contribution in [2.75, 3.05) is 0 Å². The minimum Gasteiger partial charge on any atom is -0.487 e. The monoisotopic (exact) mass is 352 g/mol. The Morgan fingerprint density at radius 1 is 1.16 bits per heavy atom. The molecule has 0 saturated heterocycles. The Labute approximate surface area is 148 Å². The lowest BCUT2D eigenvalue weighted by Crippen LogP contribution is -1.98. The summed E-state index contributed by atoms with van der Waals surface area (Å²) in [6.07, 6.45) is 3.16. The van der Waals surface area contributed by atoms with E-state index in [2.05, 4.69) is 28.1 Å². The highest BCUT2D eigenvalue weighted by Gasteiger charge is 2.14. The zero-order valence-corrected chi connectivity index (χ0v) is 14.7. The molecule has 6 nitrogen and oxygen atoms in total. The summed E-state index contributed by atoms with van der Waals surface area (Å²) in [4.78, 5) is 9.58. The molecule has 25 heavy (non-hydrogen) atoms. The van der Waals surface area contributed by atoms with E-state index in [0.29, 0.717) is 12.5 Å². The zero-order chi connectivity index (χ0) is 17.2. The molecule has 1 aromatic carbocycles. The summed E-state index contributed by atoms with van der Waals surface area (Å²) in [6.45, 7) is 4.33. The van der Waals surface area contributed by atoms with Crippen LogP contribution in [-0.4, -0.2) is 19.7 Å². The maximum Gasteiger partial charge on any atom is 0.237 e. The van der Waals surface area contributed by atoms with Crippen LogP contribution in [0.3, 0.4) is 0 Å². The number of thiophene rings is 1. The fraction of sp³-hybridized carbons (Fsp3) is 0.167. The normalized spacial score (nSPS) is 11.0. The first-order chi connectivity index (χ1) is 12.2. The minimum atomic E-state index is 0.364. The largest absolute Gasteiger partial charge is 0.487 e. The van der Waals surface area contributed by atoms with Gasteiger partial charge in [-0.15, -0.1) is 11.3 Å². The van der Waals surface area contributed by atoms with Gasteiger partial charge < -0.3 is 9.15 Å². The van der Waals surface area contributed by atoms with Crippen LogP contribution >= 0.6 is 11.3 Å². The summed E-state index contributed by atoms with van der Waals surface area (Å²) in [7, 11) is 0. The van der Waals surface area contributed by atoms with Crippen LogP contribution in [0, 0.1) is 13.8 Å². The molecule has 0 fully saturated rings. The number of nitrogens with zero attached hydrogens (tertiary/aromatic N) is 4. The van der Waals surface area contributed by atoms with Gasteiger partial charge in [0.25, 0.3) is 0 Å². The zero-order valence-electron chi connectivity index (χ0n) is 13.8. The first kappa shape index (κ1) is 15.6. The van der Waals surface area contributed by atoms with E-state index in [4.69, 9.17) is 9.15 Å². The van der Waals surface area contributed by atoms with Crippen LogP contribution in [0.4, 0.5) is 0 Å². The van der Waals surface area contributed by atoms with Gasteiger partial charge in [0, 0.05) is 0 Å². The average molecular weight is 352 g/mol. The number of aromatic nitrogens is 4. The molecule has 0 aliphatic heterocycles. The lowest BCUT2D eigenvalue weighted by molar-refractivity contribution is 0.299. The third kappa shape index (κ3) is 3.18. The molecule has 7 heteroatoms. The number of aryl methyl sites for hydroxylation is 2. The van der Waals surface area contributed by atoms with E-state index in [1.807, 2.05) is 36.6 Å². The highest BCUT2D eigenvalue weighted by atomic mass is 32.1. The van der Waals surface area contributed by atoms with E-state index in [1.165, 1.54) is 11.9 Å². The highest BCUT2D eigenvalue weighted by molar-refractivity contribution is 7.13. The van der Waals surface area contributed by atoms with Crippen LogP contribution in [0.5, 0.6) is 5.75 Å². The molecule has 0 N–H and O–H groups in total. The molecule has 3 aromatic heterocycles. The third-order valence-corrected chi connectivity index (χ3v) is 4.85. The molecular formula is C18H16N4O2S. The summed E-state index contributed by atoms with van der Waals surface area (Å²) in [6, 6.07) is 9.72. The second-order valence-corrected chi connectivity index (χ2v) is 6.49. The van der Waals surface area contributed by atoms with Gasteiger partial charge in [0.1, 0.15) is 36.5 Å². The second kappa shape index (κ2) is 6.52. The Morgan fingerprint density at radius 2 is 2.00 bits per heavy atom. The summed E-state index contributed by atoms with van der Waals surface area (Å²) >= 11 is 1.63. The van der Waals surface area contributed by atoms with Gasteiger partial charge in [0.15, 0.2) is 0 Å². The van der Waals surface area contributed by atoms with Crippen molar-refractivity contribution in [1.29, 1.82) is 0 Å². The lowest BCUT2D eigenvalue weighted by atomic mass is 10.3. The molecule has 0 spiro atoms. The smallest absolute Gasteiger partial charge is 0.237 e. The molecule has 4 aromatic rings. The number of oxazole rings is 1. The van der Waals surface area contributed by atoms with Crippen molar-refractivity contribution in [2.24, 2.45) is 0 Å².